The van der Waals surface area contributed by atoms with E-state index in [1.807, 2.05) is 13.3 Å². The number of hydrogen-bond donors (Lipinski definition) is 2. The van der Waals surface area contributed by atoms with Gasteiger partial charge in [0, 0.05) is 31.0 Å². The highest BCUT2D eigenvalue weighted by Gasteiger charge is 2.28. The molecule has 120 valence electrons. The van der Waals surface area contributed by atoms with Crippen molar-refractivity contribution in [3.8, 4) is 0 Å². The van der Waals surface area contributed by atoms with E-state index in [1.165, 1.54) is 0 Å². The fourth-order valence-corrected chi connectivity index (χ4v) is 4.24. The molecule has 0 aliphatic heterocycles. The third-order valence-corrected chi connectivity index (χ3v) is 5.88. The monoisotopic (exact) mass is 331 g/mol. The van der Waals surface area contributed by atoms with Crippen LogP contribution in [0.1, 0.15) is 31.5 Å². The fourth-order valence-electron chi connectivity index (χ4n) is 2.34. The van der Waals surface area contributed by atoms with Crippen molar-refractivity contribution in [3.63, 3.8) is 0 Å². The summed E-state index contributed by atoms with van der Waals surface area (Å²) in [6.45, 7) is 3.23. The minimum absolute atomic E-state index is 0.331. The number of nitrogens with one attached hydrogen (secondary N) is 2. The molecule has 0 amide bonds. The molecule has 7 heteroatoms. The maximum absolute atomic E-state index is 12.4. The first kappa shape index (κ1) is 16.9. The smallest absolute Gasteiger partial charge is 0.242 e. The zero-order chi connectivity index (χ0) is 15.5. The van der Waals surface area contributed by atoms with Gasteiger partial charge in [-0.05, 0) is 43.9 Å². The number of nitrogens with zero attached hydrogens (tertiary/aromatic N) is 1. The van der Waals surface area contributed by atoms with E-state index in [-0.39, 0.29) is 0 Å². The minimum Gasteiger partial charge on any atom is -0.346 e. The quantitative estimate of drug-likeness (QED) is 0.724. The van der Waals surface area contributed by atoms with Crippen LogP contribution in [0.5, 0.6) is 0 Å². The van der Waals surface area contributed by atoms with Crippen molar-refractivity contribution in [1.29, 1.82) is 0 Å². The van der Waals surface area contributed by atoms with E-state index in [0.717, 1.165) is 24.3 Å². The number of aromatic nitrogens is 1. The zero-order valence-corrected chi connectivity index (χ0v) is 14.6. The van der Waals surface area contributed by atoms with Crippen LogP contribution in [0, 0.1) is 5.92 Å². The average molecular weight is 332 g/mol. The molecule has 1 atom stereocenters. The van der Waals surface area contributed by atoms with Crippen LogP contribution < -0.4 is 10.0 Å². The molecular formula is C14H25N3O2S2. The first-order valence-electron chi connectivity index (χ1n) is 7.32. The molecule has 21 heavy (non-hydrogen) atoms. The highest BCUT2D eigenvalue weighted by atomic mass is 32.2. The molecule has 1 aromatic rings. The molecule has 2 N–H and O–H groups in total. The van der Waals surface area contributed by atoms with Gasteiger partial charge in [0.25, 0.3) is 0 Å². The normalized spacial score (nSPS) is 17.1. The predicted octanol–water partition coefficient (Wildman–Crippen LogP) is 1.82. The summed E-state index contributed by atoms with van der Waals surface area (Å²) >= 11 is 1.73. The van der Waals surface area contributed by atoms with Crippen molar-refractivity contribution in [3.05, 3.63) is 18.0 Å². The molecule has 1 fully saturated rings. The van der Waals surface area contributed by atoms with Gasteiger partial charge in [-0.2, -0.15) is 11.8 Å². The molecule has 5 nitrogen and oxygen atoms in total. The molecule has 0 bridgehead atoms. The van der Waals surface area contributed by atoms with Crippen molar-refractivity contribution in [2.45, 2.75) is 37.2 Å². The minimum atomic E-state index is -3.41. The van der Waals surface area contributed by atoms with Crippen LogP contribution >= 0.6 is 11.8 Å². The first-order valence-corrected chi connectivity index (χ1v) is 10.2. The third-order valence-electron chi connectivity index (χ3n) is 3.59. The summed E-state index contributed by atoms with van der Waals surface area (Å²) in [4.78, 5) is 0.385. The second-order valence-corrected chi connectivity index (χ2v) is 8.43. The molecule has 0 spiro atoms. The molecule has 1 heterocycles. The lowest BCUT2D eigenvalue weighted by Crippen LogP contribution is -2.29. The van der Waals surface area contributed by atoms with Crippen LogP contribution in [0.25, 0.3) is 0 Å². The number of sulfonamides is 1. The summed E-state index contributed by atoms with van der Waals surface area (Å²) in [7, 11) is -1.53. The lowest BCUT2D eigenvalue weighted by Gasteiger charge is -2.10. The van der Waals surface area contributed by atoms with Gasteiger partial charge in [-0.15, -0.1) is 0 Å². The van der Waals surface area contributed by atoms with E-state index in [2.05, 4.69) is 21.5 Å². The van der Waals surface area contributed by atoms with Gasteiger partial charge in [-0.25, -0.2) is 13.1 Å². The standard InChI is InChI=1S/C14H25N3O2S2/c1-11(10-20-3)7-16-21(18,19)14-6-13(8-15-2)17(9-14)12-4-5-12/h6,9,11-12,15-16H,4-5,7-8,10H2,1-3H3. The van der Waals surface area contributed by atoms with E-state index in [9.17, 15) is 8.42 Å². The van der Waals surface area contributed by atoms with E-state index < -0.39 is 10.0 Å². The second kappa shape index (κ2) is 7.17. The Bertz CT molecular complexity index is 565. The lowest BCUT2D eigenvalue weighted by molar-refractivity contribution is 0.562. The Labute approximate surface area is 131 Å². The Kier molecular flexibility index (Phi) is 5.76. The Balaban J connectivity index is 2.10. The molecule has 1 aliphatic carbocycles. The molecule has 0 radical (unpaired) electrons. The summed E-state index contributed by atoms with van der Waals surface area (Å²) in [5.41, 5.74) is 1.04. The zero-order valence-electron chi connectivity index (χ0n) is 12.9. The molecule has 1 saturated carbocycles. The van der Waals surface area contributed by atoms with Crippen molar-refractivity contribution in [1.82, 2.24) is 14.6 Å². The molecule has 1 aliphatic rings. The molecular weight excluding hydrogens is 306 g/mol. The van der Waals surface area contributed by atoms with Crippen molar-refractivity contribution >= 4 is 21.8 Å². The Morgan fingerprint density at radius 2 is 2.19 bits per heavy atom. The Hall–Kier alpha value is -0.500. The number of rotatable bonds is 9. The summed E-state index contributed by atoms with van der Waals surface area (Å²) in [6, 6.07) is 2.27. The summed E-state index contributed by atoms with van der Waals surface area (Å²) in [5.74, 6) is 1.29. The van der Waals surface area contributed by atoms with Crippen LogP contribution in [0.4, 0.5) is 0 Å². The van der Waals surface area contributed by atoms with E-state index >= 15 is 0 Å². The van der Waals surface area contributed by atoms with Crippen molar-refractivity contribution in [2.75, 3.05) is 25.6 Å². The van der Waals surface area contributed by atoms with E-state index in [1.54, 1.807) is 24.0 Å². The lowest BCUT2D eigenvalue weighted by atomic mass is 10.2. The fraction of sp³-hybridized carbons (Fsp3) is 0.714. The molecule has 0 saturated heterocycles. The Morgan fingerprint density at radius 3 is 2.76 bits per heavy atom. The summed E-state index contributed by atoms with van der Waals surface area (Å²) < 4.78 is 29.6. The van der Waals surface area contributed by atoms with Crippen LogP contribution in [0.2, 0.25) is 0 Å². The summed E-state index contributed by atoms with van der Waals surface area (Å²) in [6.07, 6.45) is 6.10. The third kappa shape index (κ3) is 4.48. The van der Waals surface area contributed by atoms with Crippen LogP contribution in [0.3, 0.4) is 0 Å². The van der Waals surface area contributed by atoms with Gasteiger partial charge < -0.3 is 9.88 Å². The van der Waals surface area contributed by atoms with Crippen molar-refractivity contribution in [2.24, 2.45) is 5.92 Å². The second-order valence-electron chi connectivity index (χ2n) is 5.75. The van der Waals surface area contributed by atoms with E-state index in [0.29, 0.717) is 29.9 Å². The van der Waals surface area contributed by atoms with Crippen LogP contribution in [0.15, 0.2) is 17.2 Å². The largest absolute Gasteiger partial charge is 0.346 e. The molecule has 1 aromatic heterocycles. The molecule has 2 rings (SSSR count). The number of hydrogen-bond acceptors (Lipinski definition) is 4. The molecule has 1 unspecified atom stereocenters. The maximum Gasteiger partial charge on any atom is 0.242 e. The van der Waals surface area contributed by atoms with Gasteiger partial charge in [-0.3, -0.25) is 0 Å². The summed E-state index contributed by atoms with van der Waals surface area (Å²) in [5, 5.41) is 3.10. The van der Waals surface area contributed by atoms with Gasteiger partial charge in [0.2, 0.25) is 10.0 Å². The highest BCUT2D eigenvalue weighted by Crippen LogP contribution is 2.37. The first-order chi connectivity index (χ1) is 9.97. The van der Waals surface area contributed by atoms with Gasteiger partial charge in [0.05, 0.1) is 4.90 Å². The maximum atomic E-state index is 12.4. The van der Waals surface area contributed by atoms with Gasteiger partial charge in [-0.1, -0.05) is 6.92 Å². The highest BCUT2D eigenvalue weighted by molar-refractivity contribution is 7.98. The van der Waals surface area contributed by atoms with Crippen LogP contribution in [-0.4, -0.2) is 38.6 Å². The van der Waals surface area contributed by atoms with Gasteiger partial charge in [0.1, 0.15) is 0 Å². The van der Waals surface area contributed by atoms with E-state index in [4.69, 9.17) is 0 Å². The SMILES string of the molecule is CNCc1cc(S(=O)(=O)NCC(C)CSC)cn1C1CC1. The Morgan fingerprint density at radius 1 is 1.48 bits per heavy atom. The van der Waals surface area contributed by atoms with Crippen molar-refractivity contribution < 1.29 is 8.42 Å². The topological polar surface area (TPSA) is 63.1 Å². The van der Waals surface area contributed by atoms with Crippen LogP contribution in [-0.2, 0) is 16.6 Å². The molecule has 0 aromatic carbocycles. The van der Waals surface area contributed by atoms with Gasteiger partial charge >= 0.3 is 0 Å². The van der Waals surface area contributed by atoms with Gasteiger partial charge in [0.15, 0.2) is 0 Å². The average Bonchev–Trinajstić information content (AvgIpc) is 3.18. The predicted molar refractivity (Wildman–Crippen MR) is 88.2 cm³/mol. The number of thioether (sulfide) groups is 1.